The smallest absolute Gasteiger partial charge is 0.294 e. The van der Waals surface area contributed by atoms with Gasteiger partial charge in [0.1, 0.15) is 5.82 Å². The van der Waals surface area contributed by atoms with Gasteiger partial charge in [0.15, 0.2) is 18.1 Å². The second-order valence-electron chi connectivity index (χ2n) is 5.59. The van der Waals surface area contributed by atoms with E-state index in [9.17, 15) is 19.8 Å². The van der Waals surface area contributed by atoms with E-state index in [0.29, 0.717) is 22.3 Å². The Hall–Kier alpha value is -3.88. The third-order valence-electron chi connectivity index (χ3n) is 3.62. The molecule has 0 saturated heterocycles. The molecule has 0 saturated carbocycles. The van der Waals surface area contributed by atoms with Crippen LogP contribution < -0.4 is 15.8 Å². The van der Waals surface area contributed by atoms with Crippen LogP contribution in [0.15, 0.2) is 52.4 Å². The number of nitrogens with one attached hydrogen (secondary N) is 1. The molecular weight excluding hydrogens is 352 g/mol. The van der Waals surface area contributed by atoms with Gasteiger partial charge in [-0.2, -0.15) is 5.10 Å². The number of carbonyl (C=O) groups excluding carboxylic acids is 1. The highest BCUT2D eigenvalue weighted by Gasteiger charge is 2.10. The van der Waals surface area contributed by atoms with Crippen molar-refractivity contribution in [3.05, 3.63) is 64.2 Å². The molecule has 0 unspecified atom stereocenters. The number of hydrogen-bond donors (Lipinski definition) is 3. The van der Waals surface area contributed by atoms with Crippen molar-refractivity contribution in [2.75, 3.05) is 6.61 Å². The third-order valence-corrected chi connectivity index (χ3v) is 3.62. The minimum Gasteiger partial charge on any atom is -0.504 e. The van der Waals surface area contributed by atoms with Crippen molar-refractivity contribution in [2.24, 2.45) is 5.10 Å². The molecule has 27 heavy (non-hydrogen) atoms. The van der Waals surface area contributed by atoms with Crippen LogP contribution >= 0.6 is 0 Å². The zero-order valence-electron chi connectivity index (χ0n) is 14.3. The van der Waals surface area contributed by atoms with Crippen LogP contribution in [0.25, 0.3) is 10.9 Å². The van der Waals surface area contributed by atoms with Gasteiger partial charge in [0, 0.05) is 0 Å². The topological polar surface area (TPSA) is 126 Å². The van der Waals surface area contributed by atoms with Gasteiger partial charge in [-0.1, -0.05) is 12.1 Å². The van der Waals surface area contributed by atoms with Gasteiger partial charge in [-0.05, 0) is 42.8 Å². The number of nitrogens with zero attached hydrogens (tertiary/aromatic N) is 3. The Morgan fingerprint density at radius 3 is 2.81 bits per heavy atom. The van der Waals surface area contributed by atoms with Crippen LogP contribution in [0.2, 0.25) is 0 Å². The van der Waals surface area contributed by atoms with Crippen LogP contribution in [0, 0.1) is 6.92 Å². The lowest BCUT2D eigenvalue weighted by molar-refractivity contribution is -0.126. The number of amides is 1. The fraction of sp³-hybridized carbons (Fsp3) is 0.111. The highest BCUT2D eigenvalue weighted by atomic mass is 16.7. The summed E-state index contributed by atoms with van der Waals surface area (Å²) in [5, 5.41) is 22.7. The first-order chi connectivity index (χ1) is 13.0. The van der Waals surface area contributed by atoms with E-state index in [4.69, 9.17) is 4.84 Å². The number of aromatic nitrogens is 2. The molecule has 1 aromatic heterocycles. The molecule has 2 aromatic carbocycles. The summed E-state index contributed by atoms with van der Waals surface area (Å²) in [5.41, 5.74) is 2.85. The lowest BCUT2D eigenvalue weighted by Gasteiger charge is -2.11. The van der Waals surface area contributed by atoms with E-state index in [2.05, 4.69) is 15.5 Å². The molecule has 9 nitrogen and oxygen atoms in total. The average molecular weight is 368 g/mol. The number of para-hydroxylation sites is 1. The van der Waals surface area contributed by atoms with E-state index in [1.165, 1.54) is 24.4 Å². The number of carbonyl (C=O) groups is 1. The van der Waals surface area contributed by atoms with E-state index in [1.54, 1.807) is 31.2 Å². The highest BCUT2D eigenvalue weighted by Crippen LogP contribution is 2.23. The third kappa shape index (κ3) is 4.03. The van der Waals surface area contributed by atoms with Gasteiger partial charge in [0.2, 0.25) is 0 Å². The first-order valence-corrected chi connectivity index (χ1v) is 7.91. The largest absolute Gasteiger partial charge is 0.504 e. The molecule has 0 aliphatic heterocycles. The maximum absolute atomic E-state index is 12.4. The SMILES string of the molecule is Cc1nc2ccccc2c(=O)n1OCC(=O)N/N=C\c1ccc(O)c(O)c1. The average Bonchev–Trinajstić information content (AvgIpc) is 2.64. The predicted octanol–water partition coefficient (Wildman–Crippen LogP) is 0.695. The summed E-state index contributed by atoms with van der Waals surface area (Å²) >= 11 is 0. The maximum Gasteiger partial charge on any atom is 0.294 e. The Morgan fingerprint density at radius 2 is 2.04 bits per heavy atom. The molecular formula is C18H16N4O5. The second kappa shape index (κ2) is 7.56. The number of benzene rings is 2. The Balaban J connectivity index is 1.64. The van der Waals surface area contributed by atoms with Crippen molar-refractivity contribution >= 4 is 23.0 Å². The van der Waals surface area contributed by atoms with Crippen LogP contribution in [-0.4, -0.2) is 38.7 Å². The Kier molecular flexibility index (Phi) is 5.02. The molecule has 138 valence electrons. The lowest BCUT2D eigenvalue weighted by Crippen LogP contribution is -2.35. The fourth-order valence-electron chi connectivity index (χ4n) is 2.34. The molecule has 3 rings (SSSR count). The van der Waals surface area contributed by atoms with E-state index < -0.39 is 18.1 Å². The lowest BCUT2D eigenvalue weighted by atomic mass is 10.2. The van der Waals surface area contributed by atoms with Gasteiger partial charge in [0.25, 0.3) is 11.5 Å². The fourth-order valence-corrected chi connectivity index (χ4v) is 2.34. The molecule has 3 N–H and O–H groups in total. The summed E-state index contributed by atoms with van der Waals surface area (Å²) in [4.78, 5) is 33.8. The van der Waals surface area contributed by atoms with E-state index in [1.807, 2.05) is 0 Å². The normalized spacial score (nSPS) is 11.0. The summed E-state index contributed by atoms with van der Waals surface area (Å²) in [6.45, 7) is 1.15. The summed E-state index contributed by atoms with van der Waals surface area (Å²) in [6, 6.07) is 10.9. The summed E-state index contributed by atoms with van der Waals surface area (Å²) in [6.07, 6.45) is 1.28. The number of aromatic hydroxyl groups is 2. The quantitative estimate of drug-likeness (QED) is 0.346. The first-order valence-electron chi connectivity index (χ1n) is 7.91. The Morgan fingerprint density at radius 1 is 1.26 bits per heavy atom. The standard InChI is InChI=1S/C18H16N4O5/c1-11-20-14-5-3-2-4-13(14)18(26)22(11)27-10-17(25)21-19-9-12-6-7-15(23)16(24)8-12/h2-9,23-24H,10H2,1H3,(H,21,25)/b19-9-. The molecule has 0 bridgehead atoms. The molecule has 1 amide bonds. The van der Waals surface area contributed by atoms with Crippen molar-refractivity contribution in [2.45, 2.75) is 6.92 Å². The number of hydrazone groups is 1. The monoisotopic (exact) mass is 368 g/mol. The van der Waals surface area contributed by atoms with Crippen molar-refractivity contribution in [3.8, 4) is 11.5 Å². The van der Waals surface area contributed by atoms with Crippen molar-refractivity contribution < 1.29 is 19.8 Å². The van der Waals surface area contributed by atoms with Crippen LogP contribution in [0.5, 0.6) is 11.5 Å². The summed E-state index contributed by atoms with van der Waals surface area (Å²) in [7, 11) is 0. The Labute approximate surface area is 153 Å². The summed E-state index contributed by atoms with van der Waals surface area (Å²) in [5.74, 6) is -0.829. The van der Waals surface area contributed by atoms with Crippen molar-refractivity contribution in [1.29, 1.82) is 0 Å². The minimum atomic E-state index is -0.589. The molecule has 0 fully saturated rings. The number of fused-ring (bicyclic) bond motifs is 1. The molecule has 0 atom stereocenters. The summed E-state index contributed by atoms with van der Waals surface area (Å²) < 4.78 is 0.962. The van der Waals surface area contributed by atoms with Gasteiger partial charge in [-0.15, -0.1) is 4.73 Å². The number of phenols is 2. The van der Waals surface area contributed by atoms with Gasteiger partial charge in [0.05, 0.1) is 17.1 Å². The number of aryl methyl sites for hydroxylation is 1. The van der Waals surface area contributed by atoms with E-state index >= 15 is 0 Å². The number of rotatable bonds is 5. The highest BCUT2D eigenvalue weighted by molar-refractivity contribution is 5.83. The first kappa shape index (κ1) is 17.9. The zero-order chi connectivity index (χ0) is 19.4. The van der Waals surface area contributed by atoms with Gasteiger partial charge in [-0.25, -0.2) is 10.4 Å². The minimum absolute atomic E-state index is 0.255. The Bertz CT molecular complexity index is 1090. The zero-order valence-corrected chi connectivity index (χ0v) is 14.3. The maximum atomic E-state index is 12.4. The van der Waals surface area contributed by atoms with E-state index in [-0.39, 0.29) is 11.5 Å². The molecule has 1 heterocycles. The molecule has 9 heteroatoms. The van der Waals surface area contributed by atoms with Gasteiger partial charge < -0.3 is 15.1 Å². The van der Waals surface area contributed by atoms with E-state index in [0.717, 1.165) is 4.73 Å². The van der Waals surface area contributed by atoms with Crippen LogP contribution in [0.4, 0.5) is 0 Å². The predicted molar refractivity (Wildman–Crippen MR) is 97.7 cm³/mol. The van der Waals surface area contributed by atoms with Gasteiger partial charge in [-0.3, -0.25) is 9.59 Å². The van der Waals surface area contributed by atoms with Crippen molar-refractivity contribution in [3.63, 3.8) is 0 Å². The van der Waals surface area contributed by atoms with Gasteiger partial charge >= 0.3 is 0 Å². The number of hydrogen-bond acceptors (Lipinski definition) is 7. The van der Waals surface area contributed by atoms with Crippen molar-refractivity contribution in [1.82, 2.24) is 15.1 Å². The second-order valence-corrected chi connectivity index (χ2v) is 5.59. The number of phenolic OH excluding ortho intramolecular Hbond substituents is 2. The molecule has 0 aliphatic rings. The van der Waals surface area contributed by atoms with Crippen LogP contribution in [-0.2, 0) is 4.79 Å². The molecule has 3 aromatic rings. The van der Waals surface area contributed by atoms with Crippen LogP contribution in [0.1, 0.15) is 11.4 Å². The van der Waals surface area contributed by atoms with Crippen LogP contribution in [0.3, 0.4) is 0 Å². The molecule has 0 aliphatic carbocycles. The molecule has 0 spiro atoms. The molecule has 0 radical (unpaired) electrons.